The molecule has 0 bridgehead atoms. The standard InChI is InChI=1S/C19H23FN4O/c1-2-3-8-17-9-6-11-24(17)19(25)22-16-12-21-23(14-16)13-15-7-4-5-10-18(15)20/h4-7,9-10,12,14,17H,2-3,8,11,13H2,1H3,(H,22,25)/t17-/m1/s1. The van der Waals surface area contributed by atoms with Crippen LogP contribution in [0.25, 0.3) is 0 Å². The van der Waals surface area contributed by atoms with E-state index in [4.69, 9.17) is 0 Å². The van der Waals surface area contributed by atoms with Crippen molar-refractivity contribution >= 4 is 11.7 Å². The van der Waals surface area contributed by atoms with Gasteiger partial charge < -0.3 is 10.2 Å². The van der Waals surface area contributed by atoms with E-state index in [0.29, 0.717) is 24.3 Å². The maximum Gasteiger partial charge on any atom is 0.322 e. The van der Waals surface area contributed by atoms with E-state index in [2.05, 4.69) is 23.4 Å². The highest BCUT2D eigenvalue weighted by molar-refractivity contribution is 5.89. The number of nitrogens with zero attached hydrogens (tertiary/aromatic N) is 3. The van der Waals surface area contributed by atoms with Gasteiger partial charge in [0, 0.05) is 18.3 Å². The van der Waals surface area contributed by atoms with Crippen molar-refractivity contribution in [2.24, 2.45) is 0 Å². The van der Waals surface area contributed by atoms with E-state index in [0.717, 1.165) is 19.3 Å². The average Bonchev–Trinajstić information content (AvgIpc) is 3.24. The van der Waals surface area contributed by atoms with E-state index in [-0.39, 0.29) is 17.9 Å². The van der Waals surface area contributed by atoms with Gasteiger partial charge in [0.25, 0.3) is 0 Å². The molecule has 132 valence electrons. The molecular weight excluding hydrogens is 319 g/mol. The molecule has 2 heterocycles. The van der Waals surface area contributed by atoms with Crippen molar-refractivity contribution in [2.45, 2.75) is 38.8 Å². The number of amides is 2. The molecule has 0 aliphatic carbocycles. The fraction of sp³-hybridized carbons (Fsp3) is 0.368. The number of hydrogen-bond acceptors (Lipinski definition) is 2. The zero-order valence-electron chi connectivity index (χ0n) is 14.4. The predicted octanol–water partition coefficient (Wildman–Crippen LogP) is 4.03. The summed E-state index contributed by atoms with van der Waals surface area (Å²) in [4.78, 5) is 14.3. The van der Waals surface area contributed by atoms with Crippen LogP contribution in [0.2, 0.25) is 0 Å². The summed E-state index contributed by atoms with van der Waals surface area (Å²) in [5, 5.41) is 7.08. The van der Waals surface area contributed by atoms with Crippen molar-refractivity contribution in [2.75, 3.05) is 11.9 Å². The smallest absolute Gasteiger partial charge is 0.314 e. The number of halogens is 1. The van der Waals surface area contributed by atoms with E-state index in [9.17, 15) is 9.18 Å². The zero-order chi connectivity index (χ0) is 17.6. The second kappa shape index (κ2) is 7.96. The number of urea groups is 1. The van der Waals surface area contributed by atoms with E-state index in [1.54, 1.807) is 35.3 Å². The summed E-state index contributed by atoms with van der Waals surface area (Å²) in [5.41, 5.74) is 1.18. The van der Waals surface area contributed by atoms with Crippen LogP contribution in [0, 0.1) is 5.82 Å². The predicted molar refractivity (Wildman–Crippen MR) is 95.9 cm³/mol. The highest BCUT2D eigenvalue weighted by Gasteiger charge is 2.24. The summed E-state index contributed by atoms with van der Waals surface area (Å²) >= 11 is 0. The molecule has 0 saturated carbocycles. The summed E-state index contributed by atoms with van der Waals surface area (Å²) in [7, 11) is 0. The number of carbonyl (C=O) groups is 1. The molecule has 25 heavy (non-hydrogen) atoms. The number of hydrogen-bond donors (Lipinski definition) is 1. The van der Waals surface area contributed by atoms with Crippen molar-refractivity contribution in [1.82, 2.24) is 14.7 Å². The number of benzene rings is 1. The maximum absolute atomic E-state index is 13.7. The number of unbranched alkanes of at least 4 members (excludes halogenated alkanes) is 1. The Labute approximate surface area is 147 Å². The van der Waals surface area contributed by atoms with E-state index in [1.165, 1.54) is 6.07 Å². The number of carbonyl (C=O) groups excluding carboxylic acids is 1. The van der Waals surface area contributed by atoms with Gasteiger partial charge in [0.05, 0.1) is 24.5 Å². The SMILES string of the molecule is CCCC[C@@H]1C=CCN1C(=O)Nc1cnn(Cc2ccccc2F)c1. The first-order chi connectivity index (χ1) is 12.2. The number of nitrogens with one attached hydrogen (secondary N) is 1. The van der Waals surface area contributed by atoms with Crippen molar-refractivity contribution in [3.63, 3.8) is 0 Å². The molecule has 2 amide bonds. The maximum atomic E-state index is 13.7. The van der Waals surface area contributed by atoms with Crippen LogP contribution in [-0.4, -0.2) is 33.3 Å². The topological polar surface area (TPSA) is 50.2 Å². The minimum absolute atomic E-state index is 0.128. The van der Waals surface area contributed by atoms with Crippen molar-refractivity contribution in [1.29, 1.82) is 0 Å². The van der Waals surface area contributed by atoms with E-state index >= 15 is 0 Å². The van der Waals surface area contributed by atoms with Crippen molar-refractivity contribution in [3.05, 3.63) is 60.2 Å². The molecule has 1 atom stereocenters. The van der Waals surface area contributed by atoms with E-state index < -0.39 is 0 Å². The van der Waals surface area contributed by atoms with Gasteiger partial charge in [-0.1, -0.05) is 50.1 Å². The van der Waals surface area contributed by atoms with Gasteiger partial charge in [0.2, 0.25) is 0 Å². The summed E-state index contributed by atoms with van der Waals surface area (Å²) in [6, 6.07) is 6.64. The Morgan fingerprint density at radius 1 is 1.40 bits per heavy atom. The van der Waals surface area contributed by atoms with Crippen LogP contribution in [0.1, 0.15) is 31.7 Å². The molecule has 5 nitrogen and oxygen atoms in total. The zero-order valence-corrected chi connectivity index (χ0v) is 14.4. The Morgan fingerprint density at radius 2 is 2.24 bits per heavy atom. The van der Waals surface area contributed by atoms with Gasteiger partial charge in [-0.25, -0.2) is 9.18 Å². The molecule has 0 radical (unpaired) electrons. The van der Waals surface area contributed by atoms with Crippen LogP contribution >= 0.6 is 0 Å². The number of anilines is 1. The van der Waals surface area contributed by atoms with Gasteiger partial charge in [-0.3, -0.25) is 4.68 Å². The average molecular weight is 342 g/mol. The van der Waals surface area contributed by atoms with Gasteiger partial charge in [0.1, 0.15) is 5.82 Å². The first-order valence-corrected chi connectivity index (χ1v) is 8.67. The molecule has 1 aromatic heterocycles. The molecule has 3 rings (SSSR count). The Balaban J connectivity index is 1.59. The van der Waals surface area contributed by atoms with E-state index in [1.807, 2.05) is 11.0 Å². The summed E-state index contributed by atoms with van der Waals surface area (Å²) in [5.74, 6) is -0.259. The van der Waals surface area contributed by atoms with Gasteiger partial charge in [-0.15, -0.1) is 0 Å². The molecule has 0 spiro atoms. The molecule has 1 N–H and O–H groups in total. The monoisotopic (exact) mass is 342 g/mol. The molecule has 0 unspecified atom stereocenters. The quantitative estimate of drug-likeness (QED) is 0.806. The summed E-state index contributed by atoms with van der Waals surface area (Å²) in [6.07, 6.45) is 10.6. The lowest BCUT2D eigenvalue weighted by atomic mass is 10.1. The molecule has 6 heteroatoms. The Kier molecular flexibility index (Phi) is 5.48. The van der Waals surface area contributed by atoms with Crippen LogP contribution in [0.4, 0.5) is 14.9 Å². The van der Waals surface area contributed by atoms with Gasteiger partial charge >= 0.3 is 6.03 Å². The Bertz CT molecular complexity index is 755. The van der Waals surface area contributed by atoms with Gasteiger partial charge in [0.15, 0.2) is 0 Å². The summed E-state index contributed by atoms with van der Waals surface area (Å²) < 4.78 is 15.3. The lowest BCUT2D eigenvalue weighted by molar-refractivity contribution is 0.208. The molecule has 2 aromatic rings. The molecular formula is C19H23FN4O. The number of aromatic nitrogens is 2. The van der Waals surface area contributed by atoms with Gasteiger partial charge in [-0.2, -0.15) is 5.10 Å². The van der Waals surface area contributed by atoms with Crippen LogP contribution in [0.3, 0.4) is 0 Å². The molecule has 0 saturated heterocycles. The second-order valence-corrected chi connectivity index (χ2v) is 6.24. The Hall–Kier alpha value is -2.63. The number of rotatable bonds is 6. The van der Waals surface area contributed by atoms with Crippen LogP contribution < -0.4 is 5.32 Å². The molecule has 1 aliphatic rings. The lowest BCUT2D eigenvalue weighted by Crippen LogP contribution is -2.39. The van der Waals surface area contributed by atoms with Gasteiger partial charge in [-0.05, 0) is 12.5 Å². The highest BCUT2D eigenvalue weighted by atomic mass is 19.1. The van der Waals surface area contributed by atoms with Crippen LogP contribution in [0.5, 0.6) is 0 Å². The molecule has 1 aromatic carbocycles. The lowest BCUT2D eigenvalue weighted by Gasteiger charge is -2.24. The fourth-order valence-electron chi connectivity index (χ4n) is 2.98. The minimum Gasteiger partial charge on any atom is -0.314 e. The normalized spacial score (nSPS) is 16.4. The fourth-order valence-corrected chi connectivity index (χ4v) is 2.98. The summed E-state index contributed by atoms with van der Waals surface area (Å²) in [6.45, 7) is 3.10. The first kappa shape index (κ1) is 17.2. The molecule has 0 fully saturated rings. The molecule has 1 aliphatic heterocycles. The largest absolute Gasteiger partial charge is 0.322 e. The van der Waals surface area contributed by atoms with Crippen molar-refractivity contribution < 1.29 is 9.18 Å². The van der Waals surface area contributed by atoms with Crippen LogP contribution in [0.15, 0.2) is 48.8 Å². The van der Waals surface area contributed by atoms with Crippen LogP contribution in [-0.2, 0) is 6.54 Å². The highest BCUT2D eigenvalue weighted by Crippen LogP contribution is 2.18. The second-order valence-electron chi connectivity index (χ2n) is 6.24. The third kappa shape index (κ3) is 4.26. The third-order valence-corrected chi connectivity index (χ3v) is 4.35. The first-order valence-electron chi connectivity index (χ1n) is 8.67. The van der Waals surface area contributed by atoms with Crippen molar-refractivity contribution in [3.8, 4) is 0 Å². The minimum atomic E-state index is -0.259. The Morgan fingerprint density at radius 3 is 3.04 bits per heavy atom. The third-order valence-electron chi connectivity index (χ3n) is 4.35.